The number of alkyl halides is 3. The molecule has 0 fully saturated rings. The van der Waals surface area contributed by atoms with E-state index in [0.29, 0.717) is 11.3 Å². The molecule has 0 bridgehead atoms. The molecule has 0 saturated carbocycles. The maximum atomic E-state index is 12.9. The van der Waals surface area contributed by atoms with E-state index in [0.717, 1.165) is 29.3 Å². The van der Waals surface area contributed by atoms with Crippen molar-refractivity contribution in [2.75, 3.05) is 17.2 Å². The smallest absolute Gasteiger partial charge is 0.416 e. The van der Waals surface area contributed by atoms with Gasteiger partial charge in [-0.05, 0) is 73.0 Å². The van der Waals surface area contributed by atoms with E-state index in [2.05, 4.69) is 10.6 Å². The van der Waals surface area contributed by atoms with Gasteiger partial charge in [-0.2, -0.15) is 18.4 Å². The number of hydrogen-bond donors (Lipinski definition) is 2. The topological polar surface area (TPSA) is 91.2 Å². The third kappa shape index (κ3) is 7.59. The van der Waals surface area contributed by atoms with Gasteiger partial charge in [0.1, 0.15) is 17.4 Å². The lowest BCUT2D eigenvalue weighted by Gasteiger charge is -2.11. The summed E-state index contributed by atoms with van der Waals surface area (Å²) < 4.78 is 44.2. The number of nitriles is 1. The van der Waals surface area contributed by atoms with Crippen LogP contribution in [0.2, 0.25) is 5.02 Å². The molecule has 0 heterocycles. The highest BCUT2D eigenvalue weighted by atomic mass is 35.5. The molecule has 0 aliphatic carbocycles. The van der Waals surface area contributed by atoms with Gasteiger partial charge in [-0.15, -0.1) is 0 Å². The zero-order valence-corrected chi connectivity index (χ0v) is 20.5. The first kappa shape index (κ1) is 27.3. The predicted octanol–water partition coefficient (Wildman–Crippen LogP) is 6.54. The lowest BCUT2D eigenvalue weighted by Crippen LogP contribution is -2.20. The van der Waals surface area contributed by atoms with Crippen LogP contribution in [0.5, 0.6) is 5.75 Å². The largest absolute Gasteiger partial charge is 0.482 e. The van der Waals surface area contributed by atoms with E-state index in [4.69, 9.17) is 16.3 Å². The van der Waals surface area contributed by atoms with E-state index < -0.39 is 17.6 Å². The molecule has 0 radical (unpaired) electrons. The van der Waals surface area contributed by atoms with Crippen molar-refractivity contribution in [3.8, 4) is 11.8 Å². The molecule has 0 atom stereocenters. The molecule has 2 N–H and O–H groups in total. The van der Waals surface area contributed by atoms with E-state index >= 15 is 0 Å². The Labute approximate surface area is 216 Å². The van der Waals surface area contributed by atoms with Gasteiger partial charge in [-0.3, -0.25) is 9.59 Å². The maximum absolute atomic E-state index is 12.9. The van der Waals surface area contributed by atoms with Crippen LogP contribution in [0, 0.1) is 25.2 Å². The van der Waals surface area contributed by atoms with Crippen molar-refractivity contribution in [1.29, 1.82) is 5.26 Å². The lowest BCUT2D eigenvalue weighted by molar-refractivity contribution is -0.137. The van der Waals surface area contributed by atoms with Crippen molar-refractivity contribution >= 4 is 40.9 Å². The summed E-state index contributed by atoms with van der Waals surface area (Å²) in [7, 11) is 0. The van der Waals surface area contributed by atoms with Gasteiger partial charge in [0.2, 0.25) is 0 Å². The molecule has 0 aliphatic rings. The standard InChI is InChI=1S/C27H21ClF3N3O3/c1-16-6-7-17(2)23(10-16)34-25(35)15-37-24-9-8-18(12-22(24)28)11-19(14-32)26(36)33-21-5-3-4-20(13-21)27(29,30)31/h3-13H,15H2,1-2H3,(H,33,36)(H,34,35)/b19-11+. The highest BCUT2D eigenvalue weighted by Gasteiger charge is 2.30. The number of amides is 2. The molecule has 3 rings (SSSR count). The number of hydrogen-bond acceptors (Lipinski definition) is 4. The molecule has 0 unspecified atom stereocenters. The number of nitrogens with zero attached hydrogens (tertiary/aromatic N) is 1. The second-order valence-corrected chi connectivity index (χ2v) is 8.45. The predicted molar refractivity (Wildman–Crippen MR) is 135 cm³/mol. The Hall–Kier alpha value is -4.29. The minimum Gasteiger partial charge on any atom is -0.482 e. The lowest BCUT2D eigenvalue weighted by atomic mass is 10.1. The summed E-state index contributed by atoms with van der Waals surface area (Å²) in [6.07, 6.45) is -3.35. The number of benzene rings is 3. The summed E-state index contributed by atoms with van der Waals surface area (Å²) in [6, 6.07) is 15.9. The number of nitrogens with one attached hydrogen (secondary N) is 2. The molecule has 3 aromatic rings. The highest BCUT2D eigenvalue weighted by molar-refractivity contribution is 6.32. The fourth-order valence-electron chi connectivity index (χ4n) is 3.21. The average Bonchev–Trinajstić information content (AvgIpc) is 2.83. The van der Waals surface area contributed by atoms with E-state index in [1.54, 1.807) is 6.07 Å². The summed E-state index contributed by atoms with van der Waals surface area (Å²) in [5.74, 6) is -1.06. The Kier molecular flexibility index (Phi) is 8.58. The van der Waals surface area contributed by atoms with Crippen molar-refractivity contribution in [3.05, 3.63) is 93.5 Å². The van der Waals surface area contributed by atoms with Gasteiger partial charge in [0, 0.05) is 11.4 Å². The Morgan fingerprint density at radius 3 is 2.49 bits per heavy atom. The van der Waals surface area contributed by atoms with E-state index in [-0.39, 0.29) is 34.5 Å². The monoisotopic (exact) mass is 527 g/mol. The Morgan fingerprint density at radius 1 is 1.05 bits per heavy atom. The maximum Gasteiger partial charge on any atom is 0.416 e. The average molecular weight is 528 g/mol. The molecule has 37 heavy (non-hydrogen) atoms. The normalized spacial score (nSPS) is 11.4. The Morgan fingerprint density at radius 2 is 1.81 bits per heavy atom. The fourth-order valence-corrected chi connectivity index (χ4v) is 3.45. The first-order chi connectivity index (χ1) is 17.5. The summed E-state index contributed by atoms with van der Waals surface area (Å²) in [6.45, 7) is 3.48. The molecule has 0 aliphatic heterocycles. The molecule has 0 aromatic heterocycles. The Bertz CT molecular complexity index is 1410. The third-order valence-corrected chi connectivity index (χ3v) is 5.40. The van der Waals surface area contributed by atoms with Gasteiger partial charge < -0.3 is 15.4 Å². The summed E-state index contributed by atoms with van der Waals surface area (Å²) in [5, 5.41) is 14.6. The van der Waals surface area contributed by atoms with Crippen LogP contribution >= 0.6 is 11.6 Å². The summed E-state index contributed by atoms with van der Waals surface area (Å²) in [4.78, 5) is 24.7. The second-order valence-electron chi connectivity index (χ2n) is 8.05. The zero-order valence-electron chi connectivity index (χ0n) is 19.7. The summed E-state index contributed by atoms with van der Waals surface area (Å²) in [5.41, 5.74) is 1.54. The van der Waals surface area contributed by atoms with Crippen molar-refractivity contribution in [2.24, 2.45) is 0 Å². The molecule has 6 nitrogen and oxygen atoms in total. The number of carbonyl (C=O) groups excluding carboxylic acids is 2. The number of halogens is 4. The van der Waals surface area contributed by atoms with Crippen LogP contribution in [-0.2, 0) is 15.8 Å². The summed E-state index contributed by atoms with van der Waals surface area (Å²) >= 11 is 6.24. The first-order valence-corrected chi connectivity index (χ1v) is 11.2. The SMILES string of the molecule is Cc1ccc(C)c(NC(=O)COc2ccc(/C=C(\C#N)C(=O)Nc3cccc(C(F)(F)F)c3)cc2Cl)c1. The number of aryl methyl sites for hydroxylation is 2. The van der Waals surface area contributed by atoms with E-state index in [1.807, 2.05) is 32.0 Å². The molecule has 190 valence electrons. The van der Waals surface area contributed by atoms with Crippen LogP contribution in [-0.4, -0.2) is 18.4 Å². The first-order valence-electron chi connectivity index (χ1n) is 10.9. The van der Waals surface area contributed by atoms with Gasteiger partial charge in [-0.1, -0.05) is 35.9 Å². The Balaban J connectivity index is 1.66. The number of ether oxygens (including phenoxy) is 1. The second kappa shape index (κ2) is 11.6. The molecule has 0 saturated heterocycles. The van der Waals surface area contributed by atoms with Crippen LogP contribution in [0.1, 0.15) is 22.3 Å². The van der Waals surface area contributed by atoms with Crippen molar-refractivity contribution in [3.63, 3.8) is 0 Å². The van der Waals surface area contributed by atoms with Crippen LogP contribution in [0.3, 0.4) is 0 Å². The minimum atomic E-state index is -4.57. The van der Waals surface area contributed by atoms with Gasteiger partial charge in [-0.25, -0.2) is 0 Å². The number of carbonyl (C=O) groups is 2. The highest BCUT2D eigenvalue weighted by Crippen LogP contribution is 2.31. The van der Waals surface area contributed by atoms with Crippen molar-refractivity contribution < 1.29 is 27.5 Å². The molecule has 3 aromatic carbocycles. The molecule has 2 amide bonds. The molecule has 10 heteroatoms. The quantitative estimate of drug-likeness (QED) is 0.269. The minimum absolute atomic E-state index is 0.109. The molecular formula is C27H21ClF3N3O3. The third-order valence-electron chi connectivity index (χ3n) is 5.11. The van der Waals surface area contributed by atoms with E-state index in [1.165, 1.54) is 30.3 Å². The van der Waals surface area contributed by atoms with E-state index in [9.17, 15) is 28.0 Å². The van der Waals surface area contributed by atoms with Crippen LogP contribution in [0.4, 0.5) is 24.5 Å². The van der Waals surface area contributed by atoms with Crippen molar-refractivity contribution in [1.82, 2.24) is 0 Å². The van der Waals surface area contributed by atoms with Gasteiger partial charge in [0.15, 0.2) is 6.61 Å². The van der Waals surface area contributed by atoms with Gasteiger partial charge in [0.25, 0.3) is 11.8 Å². The van der Waals surface area contributed by atoms with Crippen LogP contribution in [0.25, 0.3) is 6.08 Å². The van der Waals surface area contributed by atoms with Crippen LogP contribution < -0.4 is 15.4 Å². The fraction of sp³-hybridized carbons (Fsp3) is 0.148. The number of rotatable bonds is 7. The van der Waals surface area contributed by atoms with Crippen LogP contribution in [0.15, 0.2) is 66.2 Å². The van der Waals surface area contributed by atoms with Gasteiger partial charge >= 0.3 is 6.18 Å². The zero-order chi connectivity index (χ0) is 27.2. The number of anilines is 2. The molecular weight excluding hydrogens is 507 g/mol. The van der Waals surface area contributed by atoms with Gasteiger partial charge in [0.05, 0.1) is 10.6 Å². The molecule has 0 spiro atoms. The van der Waals surface area contributed by atoms with Crippen molar-refractivity contribution in [2.45, 2.75) is 20.0 Å².